The summed E-state index contributed by atoms with van der Waals surface area (Å²) in [6.45, 7) is 1.80. The predicted octanol–water partition coefficient (Wildman–Crippen LogP) is 3.66. The van der Waals surface area contributed by atoms with Crippen LogP contribution in [0.4, 0.5) is 10.1 Å². The molecule has 0 bridgehead atoms. The van der Waals surface area contributed by atoms with Gasteiger partial charge in [-0.25, -0.2) is 4.39 Å². The van der Waals surface area contributed by atoms with Gasteiger partial charge in [0.1, 0.15) is 5.82 Å². The normalized spacial score (nSPS) is 11.9. The second-order valence-electron chi connectivity index (χ2n) is 4.46. The van der Waals surface area contributed by atoms with Gasteiger partial charge in [-0.05, 0) is 52.7 Å². The zero-order valence-corrected chi connectivity index (χ0v) is 12.4. The van der Waals surface area contributed by atoms with Crippen molar-refractivity contribution in [1.29, 1.82) is 0 Å². The number of hydrogen-bond donors (Lipinski definition) is 2. The molecule has 2 aromatic carbocycles. The number of nitrogens with two attached hydrogens (primary N) is 1. The van der Waals surface area contributed by atoms with E-state index in [1.54, 1.807) is 37.3 Å². The summed E-state index contributed by atoms with van der Waals surface area (Å²) < 4.78 is 13.7. The van der Waals surface area contributed by atoms with Gasteiger partial charge in [0.05, 0.1) is 16.1 Å². The van der Waals surface area contributed by atoms with Crippen molar-refractivity contribution in [3.8, 4) is 0 Å². The van der Waals surface area contributed by atoms with Crippen LogP contribution in [0.15, 0.2) is 46.9 Å². The van der Waals surface area contributed by atoms with Gasteiger partial charge >= 0.3 is 0 Å². The highest BCUT2D eigenvalue weighted by atomic mass is 79.9. The Morgan fingerprint density at radius 2 is 2.00 bits per heavy atom. The van der Waals surface area contributed by atoms with Crippen LogP contribution >= 0.6 is 15.9 Å². The van der Waals surface area contributed by atoms with Crippen LogP contribution in [0.3, 0.4) is 0 Å². The minimum absolute atomic E-state index is 0.263. The van der Waals surface area contributed by atoms with Crippen molar-refractivity contribution in [2.45, 2.75) is 13.0 Å². The van der Waals surface area contributed by atoms with Gasteiger partial charge in [0.25, 0.3) is 5.91 Å². The van der Waals surface area contributed by atoms with E-state index < -0.39 is 0 Å². The first kappa shape index (κ1) is 14.5. The summed E-state index contributed by atoms with van der Waals surface area (Å²) in [5.74, 6) is -0.588. The Hall–Kier alpha value is -1.88. The Balaban J connectivity index is 2.17. The zero-order valence-electron chi connectivity index (χ0n) is 10.9. The third-order valence-electron chi connectivity index (χ3n) is 2.97. The number of rotatable bonds is 3. The molecular formula is C15H14BrFN2O. The number of amides is 1. The summed E-state index contributed by atoms with van der Waals surface area (Å²) >= 11 is 3.29. The number of anilines is 1. The lowest BCUT2D eigenvalue weighted by Crippen LogP contribution is -2.27. The van der Waals surface area contributed by atoms with Crippen LogP contribution in [0, 0.1) is 5.82 Å². The summed E-state index contributed by atoms with van der Waals surface area (Å²) in [7, 11) is 0. The maximum Gasteiger partial charge on any atom is 0.252 e. The smallest absolute Gasteiger partial charge is 0.252 e. The first-order valence-corrected chi connectivity index (χ1v) is 6.88. The maximum atomic E-state index is 13.2. The van der Waals surface area contributed by atoms with Crippen LogP contribution in [0.25, 0.3) is 0 Å². The largest absolute Gasteiger partial charge is 0.398 e. The Labute approximate surface area is 125 Å². The molecule has 5 heteroatoms. The van der Waals surface area contributed by atoms with Crippen molar-refractivity contribution in [2.24, 2.45) is 0 Å². The van der Waals surface area contributed by atoms with Crippen LogP contribution in [0.1, 0.15) is 28.9 Å². The molecule has 3 N–H and O–H groups in total. The molecule has 1 unspecified atom stereocenters. The first-order valence-electron chi connectivity index (χ1n) is 6.09. The number of carbonyl (C=O) groups excluding carboxylic acids is 1. The number of nitrogen functional groups attached to an aromatic ring is 1. The van der Waals surface area contributed by atoms with Crippen molar-refractivity contribution < 1.29 is 9.18 Å². The standard InChI is InChI=1S/C15H14BrFN2O/c1-9(10-4-2-5-11(17)8-10)19-15(20)12-6-3-7-13(18)14(12)16/h2-9H,18H2,1H3,(H,19,20). The summed E-state index contributed by atoms with van der Waals surface area (Å²) in [4.78, 5) is 12.2. The third kappa shape index (κ3) is 3.17. The Bertz CT molecular complexity index is 646. The second kappa shape index (κ2) is 6.05. The average Bonchev–Trinajstić information content (AvgIpc) is 2.41. The fourth-order valence-electron chi connectivity index (χ4n) is 1.86. The highest BCUT2D eigenvalue weighted by Crippen LogP contribution is 2.24. The van der Waals surface area contributed by atoms with Crippen molar-refractivity contribution >= 4 is 27.5 Å². The van der Waals surface area contributed by atoms with Gasteiger partial charge in [-0.1, -0.05) is 18.2 Å². The minimum Gasteiger partial charge on any atom is -0.398 e. The van der Waals surface area contributed by atoms with Crippen LogP contribution < -0.4 is 11.1 Å². The molecule has 0 heterocycles. The van der Waals surface area contributed by atoms with E-state index in [0.717, 1.165) is 0 Å². The summed E-state index contributed by atoms with van der Waals surface area (Å²) in [6, 6.07) is 10.9. The molecule has 3 nitrogen and oxygen atoms in total. The molecule has 1 atom stereocenters. The second-order valence-corrected chi connectivity index (χ2v) is 5.25. The van der Waals surface area contributed by atoms with E-state index in [1.807, 2.05) is 0 Å². The lowest BCUT2D eigenvalue weighted by Gasteiger charge is -2.15. The number of benzene rings is 2. The molecule has 20 heavy (non-hydrogen) atoms. The van der Waals surface area contributed by atoms with Gasteiger partial charge in [-0.2, -0.15) is 0 Å². The molecule has 0 saturated heterocycles. The van der Waals surface area contributed by atoms with Crippen LogP contribution in [0.5, 0.6) is 0 Å². The average molecular weight is 337 g/mol. The lowest BCUT2D eigenvalue weighted by molar-refractivity contribution is 0.0939. The topological polar surface area (TPSA) is 55.1 Å². The maximum absolute atomic E-state index is 13.2. The highest BCUT2D eigenvalue weighted by Gasteiger charge is 2.15. The minimum atomic E-state index is -0.325. The molecular weight excluding hydrogens is 323 g/mol. The van der Waals surface area contributed by atoms with Gasteiger partial charge in [-0.3, -0.25) is 4.79 Å². The van der Waals surface area contributed by atoms with Gasteiger partial charge in [0, 0.05) is 5.69 Å². The van der Waals surface area contributed by atoms with Crippen molar-refractivity contribution in [2.75, 3.05) is 5.73 Å². The van der Waals surface area contributed by atoms with E-state index in [4.69, 9.17) is 5.73 Å². The third-order valence-corrected chi connectivity index (χ3v) is 3.85. The van der Waals surface area contributed by atoms with Gasteiger partial charge < -0.3 is 11.1 Å². The Morgan fingerprint density at radius 3 is 2.70 bits per heavy atom. The van der Waals surface area contributed by atoms with Crippen LogP contribution in [-0.2, 0) is 0 Å². The van der Waals surface area contributed by atoms with E-state index in [2.05, 4.69) is 21.2 Å². The fraction of sp³-hybridized carbons (Fsp3) is 0.133. The molecule has 2 rings (SSSR count). The van der Waals surface area contributed by atoms with Crippen LogP contribution in [-0.4, -0.2) is 5.91 Å². The number of halogens is 2. The lowest BCUT2D eigenvalue weighted by atomic mass is 10.1. The Morgan fingerprint density at radius 1 is 1.30 bits per heavy atom. The molecule has 0 saturated carbocycles. The monoisotopic (exact) mass is 336 g/mol. The van der Waals surface area contributed by atoms with Crippen molar-refractivity contribution in [3.63, 3.8) is 0 Å². The molecule has 0 aliphatic rings. The predicted molar refractivity (Wildman–Crippen MR) is 80.8 cm³/mol. The van der Waals surface area contributed by atoms with E-state index >= 15 is 0 Å². The summed E-state index contributed by atoms with van der Waals surface area (Å²) in [5, 5.41) is 2.82. The number of carbonyl (C=O) groups is 1. The molecule has 1 amide bonds. The van der Waals surface area contributed by atoms with Gasteiger partial charge in [-0.15, -0.1) is 0 Å². The van der Waals surface area contributed by atoms with Crippen molar-refractivity contribution in [3.05, 3.63) is 63.9 Å². The van der Waals surface area contributed by atoms with E-state index in [9.17, 15) is 9.18 Å². The SMILES string of the molecule is CC(NC(=O)c1cccc(N)c1Br)c1cccc(F)c1. The van der Waals surface area contributed by atoms with E-state index in [0.29, 0.717) is 21.3 Å². The fourth-order valence-corrected chi connectivity index (χ4v) is 2.30. The molecule has 0 aliphatic carbocycles. The van der Waals surface area contributed by atoms with Gasteiger partial charge in [0.2, 0.25) is 0 Å². The van der Waals surface area contributed by atoms with E-state index in [-0.39, 0.29) is 17.8 Å². The number of hydrogen-bond acceptors (Lipinski definition) is 2. The summed E-state index contributed by atoms with van der Waals surface area (Å²) in [6.07, 6.45) is 0. The highest BCUT2D eigenvalue weighted by molar-refractivity contribution is 9.10. The number of nitrogens with one attached hydrogen (secondary N) is 1. The van der Waals surface area contributed by atoms with Crippen molar-refractivity contribution in [1.82, 2.24) is 5.32 Å². The molecule has 104 valence electrons. The molecule has 0 radical (unpaired) electrons. The van der Waals surface area contributed by atoms with Gasteiger partial charge in [0.15, 0.2) is 0 Å². The summed E-state index contributed by atoms with van der Waals surface area (Å²) in [5.41, 5.74) is 7.40. The quantitative estimate of drug-likeness (QED) is 0.840. The van der Waals surface area contributed by atoms with E-state index in [1.165, 1.54) is 12.1 Å². The zero-order chi connectivity index (χ0) is 14.7. The van der Waals surface area contributed by atoms with Crippen LogP contribution in [0.2, 0.25) is 0 Å². The molecule has 0 fully saturated rings. The molecule has 0 spiro atoms. The molecule has 0 aliphatic heterocycles. The molecule has 2 aromatic rings. The molecule has 0 aromatic heterocycles. The Kier molecular flexibility index (Phi) is 4.39. The first-order chi connectivity index (χ1) is 9.49.